The Morgan fingerprint density at radius 2 is 1.85 bits per heavy atom. The Morgan fingerprint density at radius 3 is 2.46 bits per heavy atom. The summed E-state index contributed by atoms with van der Waals surface area (Å²) in [5, 5.41) is 10.6. The Bertz CT molecular complexity index is 721. The summed E-state index contributed by atoms with van der Waals surface area (Å²) in [5.41, 5.74) is -0.0673. The maximum absolute atomic E-state index is 12.6. The van der Waals surface area contributed by atoms with Crippen LogP contribution >= 0.6 is 11.6 Å². The predicted molar refractivity (Wildman–Crippen MR) is 92.1 cm³/mol. The standard InChI is InChI=1S/C17H18ClF3N4O/c18-13-4-2-1-3-12(13)14(25-7-9-26-10-8-25)11-22-16-6-5-15(23-24-16)17(19,20)21/h1-6,14H,7-11H2,(H,22,24). The van der Waals surface area contributed by atoms with Crippen molar-refractivity contribution in [1.29, 1.82) is 0 Å². The lowest BCUT2D eigenvalue weighted by atomic mass is 10.0. The fourth-order valence-corrected chi connectivity index (χ4v) is 3.11. The van der Waals surface area contributed by atoms with E-state index in [4.69, 9.17) is 16.3 Å². The molecule has 0 aliphatic carbocycles. The molecule has 2 aromatic rings. The van der Waals surface area contributed by atoms with Gasteiger partial charge < -0.3 is 10.1 Å². The fourth-order valence-electron chi connectivity index (χ4n) is 2.85. The average Bonchev–Trinajstić information content (AvgIpc) is 2.64. The zero-order chi connectivity index (χ0) is 18.6. The number of rotatable bonds is 5. The fraction of sp³-hybridized carbons (Fsp3) is 0.412. The summed E-state index contributed by atoms with van der Waals surface area (Å²) in [6, 6.07) is 9.67. The van der Waals surface area contributed by atoms with Gasteiger partial charge in [-0.25, -0.2) is 0 Å². The van der Waals surface area contributed by atoms with Crippen molar-refractivity contribution in [3.05, 3.63) is 52.7 Å². The molecule has 5 nitrogen and oxygen atoms in total. The first kappa shape index (κ1) is 18.9. The summed E-state index contributed by atoms with van der Waals surface area (Å²) in [7, 11) is 0. The molecular formula is C17H18ClF3N4O. The average molecular weight is 387 g/mol. The van der Waals surface area contributed by atoms with Crippen LogP contribution in [0, 0.1) is 0 Å². The first-order chi connectivity index (χ1) is 12.4. The number of nitrogens with zero attached hydrogens (tertiary/aromatic N) is 3. The molecule has 3 rings (SSSR count). The first-order valence-corrected chi connectivity index (χ1v) is 8.54. The van der Waals surface area contributed by atoms with Crippen LogP contribution in [0.3, 0.4) is 0 Å². The van der Waals surface area contributed by atoms with Gasteiger partial charge >= 0.3 is 6.18 Å². The van der Waals surface area contributed by atoms with Crippen molar-refractivity contribution in [2.24, 2.45) is 0 Å². The zero-order valence-electron chi connectivity index (χ0n) is 13.8. The van der Waals surface area contributed by atoms with Gasteiger partial charge in [-0.15, -0.1) is 10.2 Å². The van der Waals surface area contributed by atoms with Gasteiger partial charge in [0.15, 0.2) is 5.69 Å². The number of morpholine rings is 1. The Hall–Kier alpha value is -1.90. The highest BCUT2D eigenvalue weighted by molar-refractivity contribution is 6.31. The van der Waals surface area contributed by atoms with Gasteiger partial charge in [-0.05, 0) is 23.8 Å². The van der Waals surface area contributed by atoms with Gasteiger partial charge in [0.2, 0.25) is 0 Å². The predicted octanol–water partition coefficient (Wildman–Crippen LogP) is 3.63. The lowest BCUT2D eigenvalue weighted by Crippen LogP contribution is -2.41. The van der Waals surface area contributed by atoms with E-state index in [9.17, 15) is 13.2 Å². The lowest BCUT2D eigenvalue weighted by Gasteiger charge is -2.35. The largest absolute Gasteiger partial charge is 0.435 e. The molecule has 0 saturated carbocycles. The van der Waals surface area contributed by atoms with E-state index >= 15 is 0 Å². The Kier molecular flexibility index (Phi) is 5.95. The maximum atomic E-state index is 12.6. The second-order valence-corrected chi connectivity index (χ2v) is 6.28. The molecule has 1 atom stereocenters. The molecule has 1 aromatic carbocycles. The van der Waals surface area contributed by atoms with Crippen molar-refractivity contribution in [3.8, 4) is 0 Å². The molecule has 26 heavy (non-hydrogen) atoms. The van der Waals surface area contributed by atoms with Crippen molar-refractivity contribution in [3.63, 3.8) is 0 Å². The van der Waals surface area contributed by atoms with Crippen molar-refractivity contribution in [2.75, 3.05) is 38.2 Å². The van der Waals surface area contributed by atoms with Crippen LogP contribution in [0.2, 0.25) is 5.02 Å². The highest BCUT2D eigenvalue weighted by atomic mass is 35.5. The van der Waals surface area contributed by atoms with E-state index < -0.39 is 11.9 Å². The lowest BCUT2D eigenvalue weighted by molar-refractivity contribution is -0.141. The summed E-state index contributed by atoms with van der Waals surface area (Å²) in [4.78, 5) is 2.23. The molecular weight excluding hydrogens is 369 g/mol. The molecule has 1 N–H and O–H groups in total. The van der Waals surface area contributed by atoms with Crippen LogP contribution < -0.4 is 5.32 Å². The molecule has 0 radical (unpaired) electrons. The van der Waals surface area contributed by atoms with Crippen LogP contribution in [-0.4, -0.2) is 47.9 Å². The second-order valence-electron chi connectivity index (χ2n) is 5.87. The van der Waals surface area contributed by atoms with Gasteiger partial charge in [0.1, 0.15) is 5.82 Å². The molecule has 9 heteroatoms. The highest BCUT2D eigenvalue weighted by Gasteiger charge is 2.33. The van der Waals surface area contributed by atoms with Crippen LogP contribution in [0.1, 0.15) is 17.3 Å². The summed E-state index contributed by atoms with van der Waals surface area (Å²) in [6.45, 7) is 3.18. The van der Waals surface area contributed by atoms with Crippen LogP contribution in [0.4, 0.5) is 19.0 Å². The summed E-state index contributed by atoms with van der Waals surface area (Å²) in [5.74, 6) is 0.281. The second kappa shape index (κ2) is 8.20. The van der Waals surface area contributed by atoms with Gasteiger partial charge in [-0.1, -0.05) is 29.8 Å². The molecule has 1 unspecified atom stereocenters. The third-order valence-electron chi connectivity index (χ3n) is 4.18. The molecule has 2 heterocycles. The van der Waals surface area contributed by atoms with E-state index in [-0.39, 0.29) is 11.9 Å². The third kappa shape index (κ3) is 4.63. The summed E-state index contributed by atoms with van der Waals surface area (Å²) < 4.78 is 43.2. The number of hydrogen-bond acceptors (Lipinski definition) is 5. The van der Waals surface area contributed by atoms with E-state index in [1.165, 1.54) is 6.07 Å². The Labute approximate surface area is 154 Å². The molecule has 1 aromatic heterocycles. The number of halogens is 4. The van der Waals surface area contributed by atoms with Gasteiger partial charge in [0, 0.05) is 24.7 Å². The summed E-state index contributed by atoms with van der Waals surface area (Å²) >= 11 is 6.35. The normalized spacial score (nSPS) is 17.1. The van der Waals surface area contributed by atoms with Crippen molar-refractivity contribution in [2.45, 2.75) is 12.2 Å². The summed E-state index contributed by atoms with van der Waals surface area (Å²) in [6.07, 6.45) is -4.50. The minimum absolute atomic E-state index is 0.0586. The highest BCUT2D eigenvalue weighted by Crippen LogP contribution is 2.29. The van der Waals surface area contributed by atoms with Gasteiger partial charge in [-0.3, -0.25) is 4.90 Å². The number of alkyl halides is 3. The van der Waals surface area contributed by atoms with Crippen LogP contribution in [0.15, 0.2) is 36.4 Å². The topological polar surface area (TPSA) is 50.3 Å². The number of nitrogens with one attached hydrogen (secondary N) is 1. The molecule has 0 bridgehead atoms. The number of aromatic nitrogens is 2. The van der Waals surface area contributed by atoms with E-state index in [0.717, 1.165) is 24.7 Å². The van der Waals surface area contributed by atoms with Crippen molar-refractivity contribution >= 4 is 17.4 Å². The van der Waals surface area contributed by atoms with E-state index in [2.05, 4.69) is 20.4 Å². The smallest absolute Gasteiger partial charge is 0.379 e. The number of anilines is 1. The van der Waals surface area contributed by atoms with Crippen LogP contribution in [0.5, 0.6) is 0 Å². The molecule has 0 spiro atoms. The number of ether oxygens (including phenoxy) is 1. The molecule has 1 fully saturated rings. The van der Waals surface area contributed by atoms with Gasteiger partial charge in [0.05, 0.1) is 19.3 Å². The molecule has 0 amide bonds. The minimum atomic E-state index is -4.50. The van der Waals surface area contributed by atoms with E-state index in [1.54, 1.807) is 0 Å². The molecule has 1 aliphatic heterocycles. The Morgan fingerprint density at radius 1 is 1.12 bits per heavy atom. The SMILES string of the molecule is FC(F)(F)c1ccc(NCC(c2ccccc2Cl)N2CCOCC2)nn1. The third-order valence-corrected chi connectivity index (χ3v) is 4.53. The van der Waals surface area contributed by atoms with Gasteiger partial charge in [-0.2, -0.15) is 13.2 Å². The first-order valence-electron chi connectivity index (χ1n) is 8.16. The van der Waals surface area contributed by atoms with E-state index in [1.807, 2.05) is 24.3 Å². The molecule has 1 aliphatic rings. The number of hydrogen-bond donors (Lipinski definition) is 1. The number of benzene rings is 1. The maximum Gasteiger partial charge on any atom is 0.435 e. The quantitative estimate of drug-likeness (QED) is 0.850. The Balaban J connectivity index is 1.74. The van der Waals surface area contributed by atoms with Crippen molar-refractivity contribution in [1.82, 2.24) is 15.1 Å². The van der Waals surface area contributed by atoms with E-state index in [0.29, 0.717) is 24.8 Å². The zero-order valence-corrected chi connectivity index (χ0v) is 14.6. The molecule has 140 valence electrons. The molecule has 1 saturated heterocycles. The van der Waals surface area contributed by atoms with Gasteiger partial charge in [0.25, 0.3) is 0 Å². The monoisotopic (exact) mass is 386 g/mol. The van der Waals surface area contributed by atoms with Crippen molar-refractivity contribution < 1.29 is 17.9 Å². The van der Waals surface area contributed by atoms with Crippen LogP contribution in [-0.2, 0) is 10.9 Å². The minimum Gasteiger partial charge on any atom is -0.379 e. The van der Waals surface area contributed by atoms with Crippen LogP contribution in [0.25, 0.3) is 0 Å².